The molecule has 1 fully saturated rings. The Labute approximate surface area is 121 Å². The van der Waals surface area contributed by atoms with Gasteiger partial charge in [0.05, 0.1) is 6.10 Å². The number of anilines is 1. The summed E-state index contributed by atoms with van der Waals surface area (Å²) in [6.45, 7) is 3.44. The lowest BCUT2D eigenvalue weighted by atomic mass is 10.1. The van der Waals surface area contributed by atoms with Gasteiger partial charge in [0.15, 0.2) is 11.6 Å². The molecule has 0 bridgehead atoms. The zero-order valence-electron chi connectivity index (χ0n) is 10.8. The molecule has 0 spiro atoms. The van der Waals surface area contributed by atoms with Gasteiger partial charge in [0.1, 0.15) is 0 Å². The lowest BCUT2D eigenvalue weighted by molar-refractivity contribution is 0.0329. The molecule has 2 N–H and O–H groups in total. The summed E-state index contributed by atoms with van der Waals surface area (Å²) < 4.78 is 19.9. The number of ether oxygens (including phenoxy) is 1. The van der Waals surface area contributed by atoms with E-state index in [-0.39, 0.29) is 5.82 Å². The molecular weight excluding hydrogens is 313 g/mol. The highest BCUT2D eigenvalue weighted by molar-refractivity contribution is 9.10. The van der Waals surface area contributed by atoms with E-state index in [1.54, 1.807) is 6.20 Å². The van der Waals surface area contributed by atoms with Gasteiger partial charge in [-0.3, -0.25) is 0 Å². The number of nitrogens with zero attached hydrogens (tertiary/aromatic N) is 1. The van der Waals surface area contributed by atoms with E-state index in [0.717, 1.165) is 32.4 Å². The second kappa shape index (κ2) is 7.77. The van der Waals surface area contributed by atoms with E-state index in [0.29, 0.717) is 29.5 Å². The molecular formula is C13H19BrFN3O. The van der Waals surface area contributed by atoms with Crippen LogP contribution in [0.25, 0.3) is 0 Å². The van der Waals surface area contributed by atoms with Gasteiger partial charge >= 0.3 is 0 Å². The highest BCUT2D eigenvalue weighted by atomic mass is 79.9. The van der Waals surface area contributed by atoms with Crippen molar-refractivity contribution in [1.29, 1.82) is 0 Å². The SMILES string of the molecule is Fc1cc(Br)cnc1NCCCOC1CCNCC1. The number of nitrogens with one attached hydrogen (secondary N) is 2. The summed E-state index contributed by atoms with van der Waals surface area (Å²) in [4.78, 5) is 3.98. The number of aromatic nitrogens is 1. The first-order chi connectivity index (χ1) is 9.25. The van der Waals surface area contributed by atoms with Crippen LogP contribution in [0.1, 0.15) is 19.3 Å². The average Bonchev–Trinajstić information content (AvgIpc) is 2.42. The van der Waals surface area contributed by atoms with Crippen molar-refractivity contribution in [2.75, 3.05) is 31.6 Å². The molecule has 1 aromatic heterocycles. The maximum Gasteiger partial charge on any atom is 0.166 e. The average molecular weight is 332 g/mol. The van der Waals surface area contributed by atoms with Gasteiger partial charge in [0.25, 0.3) is 0 Å². The summed E-state index contributed by atoms with van der Waals surface area (Å²) in [6.07, 6.45) is 4.97. The number of hydrogen-bond acceptors (Lipinski definition) is 4. The van der Waals surface area contributed by atoms with Crippen molar-refractivity contribution in [3.8, 4) is 0 Å². The van der Waals surface area contributed by atoms with Gasteiger partial charge in [-0.05, 0) is 54.3 Å². The van der Waals surface area contributed by atoms with Gasteiger partial charge in [0.2, 0.25) is 0 Å². The minimum Gasteiger partial charge on any atom is -0.378 e. The molecule has 1 saturated heterocycles. The van der Waals surface area contributed by atoms with Crippen LogP contribution in [0.4, 0.5) is 10.2 Å². The zero-order valence-corrected chi connectivity index (χ0v) is 12.4. The standard InChI is InChI=1S/C13H19BrFN3O/c14-10-8-12(15)13(18-9-10)17-4-1-7-19-11-2-5-16-6-3-11/h8-9,11,16H,1-7H2,(H,17,18). The van der Waals surface area contributed by atoms with Crippen LogP contribution in [0.2, 0.25) is 0 Å². The van der Waals surface area contributed by atoms with Crippen molar-refractivity contribution >= 4 is 21.7 Å². The molecule has 0 aromatic carbocycles. The van der Waals surface area contributed by atoms with Crippen molar-refractivity contribution < 1.29 is 9.13 Å². The molecule has 106 valence electrons. The van der Waals surface area contributed by atoms with Gasteiger partial charge in [-0.25, -0.2) is 9.37 Å². The zero-order chi connectivity index (χ0) is 13.5. The van der Waals surface area contributed by atoms with E-state index >= 15 is 0 Å². The molecule has 0 unspecified atom stereocenters. The van der Waals surface area contributed by atoms with Gasteiger partial charge in [0, 0.05) is 23.8 Å². The number of piperidine rings is 1. The maximum absolute atomic E-state index is 13.5. The predicted molar refractivity (Wildman–Crippen MR) is 76.8 cm³/mol. The first-order valence-electron chi connectivity index (χ1n) is 6.63. The summed E-state index contributed by atoms with van der Waals surface area (Å²) in [5, 5.41) is 6.28. The maximum atomic E-state index is 13.5. The molecule has 0 aliphatic carbocycles. The van der Waals surface area contributed by atoms with E-state index < -0.39 is 0 Å². The molecule has 0 amide bonds. The largest absolute Gasteiger partial charge is 0.378 e. The van der Waals surface area contributed by atoms with E-state index in [1.807, 2.05) is 0 Å². The lowest BCUT2D eigenvalue weighted by Crippen LogP contribution is -2.32. The fourth-order valence-electron chi connectivity index (χ4n) is 2.04. The van der Waals surface area contributed by atoms with Gasteiger partial charge in [-0.2, -0.15) is 0 Å². The third-order valence-electron chi connectivity index (χ3n) is 3.06. The van der Waals surface area contributed by atoms with E-state index in [9.17, 15) is 4.39 Å². The van der Waals surface area contributed by atoms with Gasteiger partial charge < -0.3 is 15.4 Å². The molecule has 6 heteroatoms. The Morgan fingerprint density at radius 1 is 1.47 bits per heavy atom. The third-order valence-corrected chi connectivity index (χ3v) is 3.49. The fourth-order valence-corrected chi connectivity index (χ4v) is 2.34. The summed E-state index contributed by atoms with van der Waals surface area (Å²) in [6, 6.07) is 1.40. The Morgan fingerprint density at radius 2 is 2.26 bits per heavy atom. The van der Waals surface area contributed by atoms with Crippen LogP contribution in [-0.2, 0) is 4.74 Å². The minimum atomic E-state index is -0.339. The van der Waals surface area contributed by atoms with Crippen molar-refractivity contribution in [3.05, 3.63) is 22.6 Å². The monoisotopic (exact) mass is 331 g/mol. The molecule has 1 aliphatic rings. The highest BCUT2D eigenvalue weighted by Crippen LogP contribution is 2.16. The summed E-state index contributed by atoms with van der Waals surface area (Å²) in [7, 11) is 0. The fraction of sp³-hybridized carbons (Fsp3) is 0.615. The van der Waals surface area contributed by atoms with E-state index in [4.69, 9.17) is 4.74 Å². The summed E-state index contributed by atoms with van der Waals surface area (Å²) in [5.74, 6) is -0.0429. The van der Waals surface area contributed by atoms with Crippen LogP contribution in [0.3, 0.4) is 0 Å². The first-order valence-corrected chi connectivity index (χ1v) is 7.42. The Morgan fingerprint density at radius 3 is 3.00 bits per heavy atom. The normalized spacial score (nSPS) is 16.5. The summed E-state index contributed by atoms with van der Waals surface area (Å²) in [5.41, 5.74) is 0. The van der Waals surface area contributed by atoms with Crippen molar-refractivity contribution in [3.63, 3.8) is 0 Å². The number of pyridine rings is 1. The van der Waals surface area contributed by atoms with Crippen molar-refractivity contribution in [1.82, 2.24) is 10.3 Å². The smallest absolute Gasteiger partial charge is 0.166 e. The van der Waals surface area contributed by atoms with Gasteiger partial charge in [-0.1, -0.05) is 0 Å². The second-order valence-electron chi connectivity index (χ2n) is 4.58. The van der Waals surface area contributed by atoms with Crippen molar-refractivity contribution in [2.45, 2.75) is 25.4 Å². The molecule has 1 aliphatic heterocycles. The topological polar surface area (TPSA) is 46.2 Å². The molecule has 2 heterocycles. The lowest BCUT2D eigenvalue weighted by Gasteiger charge is -2.22. The molecule has 0 atom stereocenters. The summed E-state index contributed by atoms with van der Waals surface area (Å²) >= 11 is 3.18. The van der Waals surface area contributed by atoms with Crippen molar-refractivity contribution in [2.24, 2.45) is 0 Å². The number of halogens is 2. The molecule has 4 nitrogen and oxygen atoms in total. The Balaban J connectivity index is 1.61. The van der Waals surface area contributed by atoms with Crippen LogP contribution in [0, 0.1) is 5.82 Å². The molecule has 0 radical (unpaired) electrons. The predicted octanol–water partition coefficient (Wildman–Crippen LogP) is 2.55. The van der Waals surface area contributed by atoms with Gasteiger partial charge in [-0.15, -0.1) is 0 Å². The van der Waals surface area contributed by atoms with Crippen LogP contribution in [0.15, 0.2) is 16.7 Å². The molecule has 0 saturated carbocycles. The molecule has 19 heavy (non-hydrogen) atoms. The van der Waals surface area contributed by atoms with Crippen LogP contribution in [-0.4, -0.2) is 37.3 Å². The number of hydrogen-bond donors (Lipinski definition) is 2. The Kier molecular flexibility index (Phi) is 6.00. The third kappa shape index (κ3) is 5.04. The second-order valence-corrected chi connectivity index (χ2v) is 5.50. The highest BCUT2D eigenvalue weighted by Gasteiger charge is 2.12. The van der Waals surface area contributed by atoms with Crippen LogP contribution >= 0.6 is 15.9 Å². The Bertz CT molecular complexity index is 399. The minimum absolute atomic E-state index is 0.296. The van der Waals surface area contributed by atoms with E-state index in [1.165, 1.54) is 6.07 Å². The Hall–Kier alpha value is -0.720. The number of rotatable bonds is 6. The molecule has 2 rings (SSSR count). The molecule has 1 aromatic rings. The quantitative estimate of drug-likeness (QED) is 0.786. The first kappa shape index (κ1) is 14.7. The van der Waals surface area contributed by atoms with Crippen LogP contribution < -0.4 is 10.6 Å². The van der Waals surface area contributed by atoms with E-state index in [2.05, 4.69) is 31.5 Å². The van der Waals surface area contributed by atoms with Crippen LogP contribution in [0.5, 0.6) is 0 Å².